The van der Waals surface area contributed by atoms with Gasteiger partial charge in [0.05, 0.1) is 12.0 Å². The van der Waals surface area contributed by atoms with Crippen molar-refractivity contribution in [2.45, 2.75) is 57.6 Å². The average Bonchev–Trinajstić information content (AvgIpc) is 2.20. The molecule has 1 saturated heterocycles. The Balaban J connectivity index is 2.56. The van der Waals surface area contributed by atoms with E-state index < -0.39 is 11.6 Å². The normalized spacial score (nSPS) is 26.3. The summed E-state index contributed by atoms with van der Waals surface area (Å²) in [7, 11) is 0. The minimum absolute atomic E-state index is 0.101. The summed E-state index contributed by atoms with van der Waals surface area (Å²) in [5.41, 5.74) is -0.700. The van der Waals surface area contributed by atoms with E-state index in [9.17, 15) is 9.90 Å². The maximum atomic E-state index is 10.8. The van der Waals surface area contributed by atoms with Crippen LogP contribution >= 0.6 is 0 Å². The quantitative estimate of drug-likeness (QED) is 0.749. The van der Waals surface area contributed by atoms with Crippen molar-refractivity contribution in [3.63, 3.8) is 0 Å². The number of nitrogens with zero attached hydrogens (tertiary/aromatic N) is 1. The Hall–Kier alpha value is -0.610. The van der Waals surface area contributed by atoms with Gasteiger partial charge in [-0.15, -0.1) is 0 Å². The lowest BCUT2D eigenvalue weighted by Gasteiger charge is -2.39. The monoisotopic (exact) mass is 229 g/mol. The molecule has 0 aromatic carbocycles. The number of aliphatic carboxylic acids is 1. The molecule has 94 valence electrons. The molecule has 2 atom stereocenters. The number of hydrogen-bond acceptors (Lipinski definition) is 3. The van der Waals surface area contributed by atoms with Gasteiger partial charge in [0, 0.05) is 12.6 Å². The molecule has 1 rings (SSSR count). The molecule has 1 heterocycles. The van der Waals surface area contributed by atoms with Gasteiger partial charge in [0.25, 0.3) is 0 Å². The molecule has 4 nitrogen and oxygen atoms in total. The number of rotatable bonds is 5. The number of β-amino-alcohol motifs (C(OH)–C–C–N with tert-alkyl or cyclic N) is 1. The van der Waals surface area contributed by atoms with E-state index in [4.69, 9.17) is 5.11 Å². The van der Waals surface area contributed by atoms with E-state index in [2.05, 4.69) is 4.90 Å². The van der Waals surface area contributed by atoms with Gasteiger partial charge >= 0.3 is 5.97 Å². The minimum atomic E-state index is -0.743. The van der Waals surface area contributed by atoms with Crippen LogP contribution in [0.5, 0.6) is 0 Å². The van der Waals surface area contributed by atoms with E-state index in [1.807, 2.05) is 13.8 Å². The van der Waals surface area contributed by atoms with Gasteiger partial charge in [0.2, 0.25) is 0 Å². The van der Waals surface area contributed by atoms with E-state index in [0.29, 0.717) is 13.0 Å². The maximum Gasteiger partial charge on any atom is 0.304 e. The highest BCUT2D eigenvalue weighted by Gasteiger charge is 2.29. The highest BCUT2D eigenvalue weighted by atomic mass is 16.4. The van der Waals surface area contributed by atoms with Gasteiger partial charge < -0.3 is 10.2 Å². The molecule has 0 aromatic rings. The van der Waals surface area contributed by atoms with Crippen LogP contribution in [-0.2, 0) is 4.79 Å². The number of piperidine rings is 1. The fourth-order valence-corrected chi connectivity index (χ4v) is 2.25. The van der Waals surface area contributed by atoms with Crippen LogP contribution in [-0.4, -0.2) is 45.8 Å². The molecular formula is C12H23NO3. The van der Waals surface area contributed by atoms with Crippen LogP contribution < -0.4 is 0 Å². The number of hydrogen-bond donors (Lipinski definition) is 2. The molecule has 0 aromatic heterocycles. The SMILES string of the molecule is CCC(C)(O)CN1CCCCC1CC(=O)O. The van der Waals surface area contributed by atoms with Gasteiger partial charge in [-0.25, -0.2) is 0 Å². The fraction of sp³-hybridized carbons (Fsp3) is 0.917. The van der Waals surface area contributed by atoms with Crippen LogP contribution in [0.3, 0.4) is 0 Å². The van der Waals surface area contributed by atoms with Gasteiger partial charge in [0.15, 0.2) is 0 Å². The summed E-state index contributed by atoms with van der Waals surface area (Å²) in [6.45, 7) is 5.27. The Bertz CT molecular complexity index is 240. The summed E-state index contributed by atoms with van der Waals surface area (Å²) >= 11 is 0. The van der Waals surface area contributed by atoms with Gasteiger partial charge in [-0.05, 0) is 32.7 Å². The molecule has 0 radical (unpaired) electrons. The Morgan fingerprint density at radius 2 is 2.19 bits per heavy atom. The second-order valence-electron chi connectivity index (χ2n) is 5.07. The first-order chi connectivity index (χ1) is 7.44. The van der Waals surface area contributed by atoms with Crippen LogP contribution in [0.1, 0.15) is 46.0 Å². The van der Waals surface area contributed by atoms with Crippen molar-refractivity contribution in [1.82, 2.24) is 4.90 Å². The van der Waals surface area contributed by atoms with E-state index in [-0.39, 0.29) is 12.5 Å². The first-order valence-electron chi connectivity index (χ1n) is 6.13. The average molecular weight is 229 g/mol. The molecule has 2 N–H and O–H groups in total. The fourth-order valence-electron chi connectivity index (χ4n) is 2.25. The zero-order valence-electron chi connectivity index (χ0n) is 10.3. The highest BCUT2D eigenvalue weighted by Crippen LogP contribution is 2.23. The van der Waals surface area contributed by atoms with Crippen molar-refractivity contribution < 1.29 is 15.0 Å². The van der Waals surface area contributed by atoms with E-state index in [1.54, 1.807) is 0 Å². The smallest absolute Gasteiger partial charge is 0.304 e. The summed E-state index contributed by atoms with van der Waals surface area (Å²) in [5.74, 6) is -0.743. The third-order valence-electron chi connectivity index (χ3n) is 3.46. The first kappa shape index (κ1) is 13.5. The van der Waals surface area contributed by atoms with Gasteiger partial charge in [0.1, 0.15) is 0 Å². The predicted molar refractivity (Wildman–Crippen MR) is 62.4 cm³/mol. The lowest BCUT2D eigenvalue weighted by Crippen LogP contribution is -2.48. The molecule has 1 aliphatic rings. The van der Waals surface area contributed by atoms with Crippen molar-refractivity contribution in [3.8, 4) is 0 Å². The number of aliphatic hydroxyl groups is 1. The maximum absolute atomic E-state index is 10.8. The summed E-state index contributed by atoms with van der Waals surface area (Å²) in [4.78, 5) is 12.9. The largest absolute Gasteiger partial charge is 0.481 e. The molecule has 4 heteroatoms. The number of likely N-dealkylation sites (tertiary alicyclic amines) is 1. The van der Waals surface area contributed by atoms with Gasteiger partial charge in [-0.3, -0.25) is 9.69 Å². The second kappa shape index (κ2) is 5.64. The molecule has 0 bridgehead atoms. The number of carboxylic acid groups (broad SMARTS) is 1. The molecule has 1 fully saturated rings. The first-order valence-corrected chi connectivity index (χ1v) is 6.13. The zero-order valence-corrected chi connectivity index (χ0v) is 10.3. The molecule has 0 spiro atoms. The van der Waals surface area contributed by atoms with Crippen LogP contribution in [0.2, 0.25) is 0 Å². The van der Waals surface area contributed by atoms with Crippen LogP contribution in [0.15, 0.2) is 0 Å². The molecule has 2 unspecified atom stereocenters. The van der Waals surface area contributed by atoms with Crippen LogP contribution in [0.25, 0.3) is 0 Å². The summed E-state index contributed by atoms with van der Waals surface area (Å²) in [5, 5.41) is 18.9. The topological polar surface area (TPSA) is 60.8 Å². The molecule has 0 aliphatic carbocycles. The zero-order chi connectivity index (χ0) is 12.2. The molecular weight excluding hydrogens is 206 g/mol. The standard InChI is InChI=1S/C12H23NO3/c1-3-12(2,16)9-13-7-5-4-6-10(13)8-11(14)15/h10,16H,3-9H2,1-2H3,(H,14,15). The molecule has 0 amide bonds. The van der Waals surface area contributed by atoms with Crippen molar-refractivity contribution in [2.75, 3.05) is 13.1 Å². The number of carboxylic acids is 1. The van der Waals surface area contributed by atoms with Crippen LogP contribution in [0, 0.1) is 0 Å². The predicted octanol–water partition coefficient (Wildman–Crippen LogP) is 1.48. The lowest BCUT2D eigenvalue weighted by molar-refractivity contribution is -0.139. The lowest BCUT2D eigenvalue weighted by atomic mass is 9.95. The summed E-state index contributed by atoms with van der Waals surface area (Å²) in [6.07, 6.45) is 4.04. The highest BCUT2D eigenvalue weighted by molar-refractivity contribution is 5.67. The Morgan fingerprint density at radius 1 is 1.50 bits per heavy atom. The van der Waals surface area contributed by atoms with E-state index in [1.165, 1.54) is 0 Å². The van der Waals surface area contributed by atoms with E-state index >= 15 is 0 Å². The minimum Gasteiger partial charge on any atom is -0.481 e. The molecule has 1 aliphatic heterocycles. The van der Waals surface area contributed by atoms with Gasteiger partial charge in [-0.2, -0.15) is 0 Å². The van der Waals surface area contributed by atoms with Crippen molar-refractivity contribution in [1.29, 1.82) is 0 Å². The Morgan fingerprint density at radius 3 is 2.75 bits per heavy atom. The third kappa shape index (κ3) is 4.10. The van der Waals surface area contributed by atoms with Crippen molar-refractivity contribution in [2.24, 2.45) is 0 Å². The van der Waals surface area contributed by atoms with Gasteiger partial charge in [-0.1, -0.05) is 13.3 Å². The van der Waals surface area contributed by atoms with Crippen molar-refractivity contribution >= 4 is 5.97 Å². The number of carbonyl (C=O) groups is 1. The molecule has 0 saturated carbocycles. The van der Waals surface area contributed by atoms with Crippen LogP contribution in [0.4, 0.5) is 0 Å². The van der Waals surface area contributed by atoms with Crippen molar-refractivity contribution in [3.05, 3.63) is 0 Å². The Kier molecular flexibility index (Phi) is 4.74. The third-order valence-corrected chi connectivity index (χ3v) is 3.46. The van der Waals surface area contributed by atoms with E-state index in [0.717, 1.165) is 25.8 Å². The second-order valence-corrected chi connectivity index (χ2v) is 5.07. The summed E-state index contributed by atoms with van der Waals surface area (Å²) in [6, 6.07) is 0.101. The molecule has 16 heavy (non-hydrogen) atoms. The summed E-state index contributed by atoms with van der Waals surface area (Å²) < 4.78 is 0. The Labute approximate surface area is 97.3 Å².